The number of hydrogen-bond acceptors (Lipinski definition) is 3. The predicted octanol–water partition coefficient (Wildman–Crippen LogP) is 3.74. The molecular weight excluding hydrogens is 252 g/mol. The second kappa shape index (κ2) is 7.39. The van der Waals surface area contributed by atoms with E-state index in [1.165, 1.54) is 7.11 Å². The van der Waals surface area contributed by atoms with E-state index in [-0.39, 0.29) is 18.5 Å². The Morgan fingerprint density at radius 3 is 2.72 bits per heavy atom. The highest BCUT2D eigenvalue weighted by Gasteiger charge is 2.11. The highest BCUT2D eigenvalue weighted by molar-refractivity contribution is 6.32. The Morgan fingerprint density at radius 1 is 1.44 bits per heavy atom. The maximum absolute atomic E-state index is 11.9. The van der Waals surface area contributed by atoms with E-state index in [9.17, 15) is 4.79 Å². The van der Waals surface area contributed by atoms with Crippen molar-refractivity contribution in [2.24, 2.45) is 0 Å². The number of benzene rings is 1. The Hall–Kier alpha value is -1.06. The van der Waals surface area contributed by atoms with E-state index in [0.29, 0.717) is 16.3 Å². The lowest BCUT2D eigenvalue weighted by molar-refractivity contribution is 0.0490. The third-order valence-corrected chi connectivity index (χ3v) is 2.96. The second-order valence-electron chi connectivity index (χ2n) is 4.18. The first kappa shape index (κ1) is 15.0. The fourth-order valence-corrected chi connectivity index (χ4v) is 1.89. The lowest BCUT2D eigenvalue weighted by Crippen LogP contribution is -2.15. The van der Waals surface area contributed by atoms with Crippen LogP contribution in [0.3, 0.4) is 0 Å². The normalized spacial score (nSPS) is 12.2. The van der Waals surface area contributed by atoms with Crippen LogP contribution >= 0.6 is 11.6 Å². The second-order valence-corrected chi connectivity index (χ2v) is 4.59. The van der Waals surface area contributed by atoms with Crippen molar-refractivity contribution in [3.05, 3.63) is 28.8 Å². The number of halogens is 1. The summed E-state index contributed by atoms with van der Waals surface area (Å²) in [5.41, 5.74) is 0.546. The molecule has 4 heteroatoms. The first-order valence-electron chi connectivity index (χ1n) is 6.06. The number of carbonyl (C=O) groups excluding carboxylic acids is 1. The molecule has 0 heterocycles. The molecule has 0 fully saturated rings. The molecule has 1 rings (SSSR count). The molecule has 0 saturated carbocycles. The van der Waals surface area contributed by atoms with Gasteiger partial charge in [-0.3, -0.25) is 4.79 Å². The van der Waals surface area contributed by atoms with Gasteiger partial charge in [0.05, 0.1) is 18.2 Å². The van der Waals surface area contributed by atoms with Crippen LogP contribution in [-0.4, -0.2) is 25.6 Å². The lowest BCUT2D eigenvalue weighted by Gasteiger charge is -2.11. The molecule has 0 saturated heterocycles. The summed E-state index contributed by atoms with van der Waals surface area (Å²) < 4.78 is 10.5. The molecule has 0 amide bonds. The van der Waals surface area contributed by atoms with Crippen LogP contribution in [0.5, 0.6) is 5.75 Å². The van der Waals surface area contributed by atoms with Gasteiger partial charge in [0.1, 0.15) is 12.4 Å². The van der Waals surface area contributed by atoms with E-state index < -0.39 is 0 Å². The third-order valence-electron chi connectivity index (χ3n) is 2.67. The SMILES string of the molecule is CCCC(C)OCC(=O)c1ccc(OC)c(Cl)c1. The van der Waals surface area contributed by atoms with Crippen molar-refractivity contribution in [1.29, 1.82) is 0 Å². The molecule has 0 bridgehead atoms. The fraction of sp³-hybridized carbons (Fsp3) is 0.500. The van der Waals surface area contributed by atoms with Gasteiger partial charge in [0, 0.05) is 5.56 Å². The van der Waals surface area contributed by atoms with Crippen LogP contribution < -0.4 is 4.74 Å². The molecule has 1 atom stereocenters. The molecule has 0 aliphatic carbocycles. The van der Waals surface area contributed by atoms with Crippen LogP contribution in [0.25, 0.3) is 0 Å². The zero-order valence-electron chi connectivity index (χ0n) is 11.0. The smallest absolute Gasteiger partial charge is 0.188 e. The molecule has 1 aromatic rings. The standard InChI is InChI=1S/C14H19ClO3/c1-4-5-10(2)18-9-13(16)11-6-7-14(17-3)12(15)8-11/h6-8,10H,4-5,9H2,1-3H3. The summed E-state index contributed by atoms with van der Waals surface area (Å²) in [5.74, 6) is 0.496. The molecular formula is C14H19ClO3. The Bertz CT molecular complexity index is 404. The van der Waals surface area contributed by atoms with E-state index in [0.717, 1.165) is 12.8 Å². The number of ether oxygens (including phenoxy) is 2. The molecule has 100 valence electrons. The monoisotopic (exact) mass is 270 g/mol. The molecule has 0 radical (unpaired) electrons. The van der Waals surface area contributed by atoms with Gasteiger partial charge in [0.15, 0.2) is 5.78 Å². The van der Waals surface area contributed by atoms with E-state index in [4.69, 9.17) is 21.1 Å². The fourth-order valence-electron chi connectivity index (χ4n) is 1.63. The summed E-state index contributed by atoms with van der Waals surface area (Å²) in [6.45, 7) is 4.15. The van der Waals surface area contributed by atoms with Crippen LogP contribution in [0, 0.1) is 0 Å². The zero-order chi connectivity index (χ0) is 13.5. The summed E-state index contributed by atoms with van der Waals surface area (Å²) in [5, 5.41) is 0.435. The number of rotatable bonds is 7. The molecule has 0 aliphatic heterocycles. The predicted molar refractivity (Wildman–Crippen MR) is 72.7 cm³/mol. The summed E-state index contributed by atoms with van der Waals surface area (Å²) in [4.78, 5) is 11.9. The highest BCUT2D eigenvalue weighted by Crippen LogP contribution is 2.25. The minimum atomic E-state index is -0.0671. The van der Waals surface area contributed by atoms with E-state index in [1.807, 2.05) is 6.92 Å². The molecule has 3 nitrogen and oxygen atoms in total. The lowest BCUT2D eigenvalue weighted by atomic mass is 10.1. The summed E-state index contributed by atoms with van der Waals surface area (Å²) in [7, 11) is 1.54. The van der Waals surface area contributed by atoms with Gasteiger partial charge < -0.3 is 9.47 Å². The number of ketones is 1. The van der Waals surface area contributed by atoms with Crippen molar-refractivity contribution < 1.29 is 14.3 Å². The molecule has 0 spiro atoms. The minimum Gasteiger partial charge on any atom is -0.495 e. The minimum absolute atomic E-state index is 0.0671. The van der Waals surface area contributed by atoms with E-state index in [1.54, 1.807) is 18.2 Å². The van der Waals surface area contributed by atoms with E-state index >= 15 is 0 Å². The van der Waals surface area contributed by atoms with Crippen molar-refractivity contribution in [2.45, 2.75) is 32.8 Å². The Balaban J connectivity index is 2.59. The molecule has 0 N–H and O–H groups in total. The Labute approximate surface area is 113 Å². The molecule has 1 unspecified atom stereocenters. The third kappa shape index (κ3) is 4.31. The van der Waals surface area contributed by atoms with E-state index in [2.05, 4.69) is 6.92 Å². The average molecular weight is 271 g/mol. The molecule has 18 heavy (non-hydrogen) atoms. The van der Waals surface area contributed by atoms with Crippen molar-refractivity contribution >= 4 is 17.4 Å². The summed E-state index contributed by atoms with van der Waals surface area (Å²) in [6, 6.07) is 4.99. The first-order chi connectivity index (χ1) is 8.58. The van der Waals surface area contributed by atoms with Gasteiger partial charge >= 0.3 is 0 Å². The maximum Gasteiger partial charge on any atom is 0.188 e. The quantitative estimate of drug-likeness (QED) is 0.708. The summed E-state index contributed by atoms with van der Waals surface area (Å²) >= 11 is 5.97. The number of hydrogen-bond donors (Lipinski definition) is 0. The topological polar surface area (TPSA) is 35.5 Å². The van der Waals surface area contributed by atoms with Crippen molar-refractivity contribution in [3.63, 3.8) is 0 Å². The van der Waals surface area contributed by atoms with Crippen LogP contribution in [0.4, 0.5) is 0 Å². The average Bonchev–Trinajstić information content (AvgIpc) is 2.36. The van der Waals surface area contributed by atoms with Crippen molar-refractivity contribution in [2.75, 3.05) is 13.7 Å². The van der Waals surface area contributed by atoms with Gasteiger partial charge in [-0.15, -0.1) is 0 Å². The van der Waals surface area contributed by atoms with Crippen molar-refractivity contribution in [3.8, 4) is 5.75 Å². The van der Waals surface area contributed by atoms with Crippen molar-refractivity contribution in [1.82, 2.24) is 0 Å². The largest absolute Gasteiger partial charge is 0.495 e. The van der Waals surface area contributed by atoms with Gasteiger partial charge in [0.2, 0.25) is 0 Å². The van der Waals surface area contributed by atoms with Gasteiger partial charge in [0.25, 0.3) is 0 Å². The van der Waals surface area contributed by atoms with Gasteiger partial charge in [-0.2, -0.15) is 0 Å². The van der Waals surface area contributed by atoms with Gasteiger partial charge in [-0.05, 0) is 31.5 Å². The van der Waals surface area contributed by atoms with Crippen LogP contribution in [0.2, 0.25) is 5.02 Å². The Kier molecular flexibility index (Phi) is 6.16. The first-order valence-corrected chi connectivity index (χ1v) is 6.44. The van der Waals surface area contributed by atoms with Gasteiger partial charge in [-0.1, -0.05) is 24.9 Å². The van der Waals surface area contributed by atoms with Gasteiger partial charge in [-0.25, -0.2) is 0 Å². The van der Waals surface area contributed by atoms with Crippen LogP contribution in [-0.2, 0) is 4.74 Å². The molecule has 0 aliphatic rings. The summed E-state index contributed by atoms with van der Waals surface area (Å²) in [6.07, 6.45) is 2.10. The van der Waals surface area contributed by atoms with Crippen LogP contribution in [0.15, 0.2) is 18.2 Å². The number of methoxy groups -OCH3 is 1. The molecule has 1 aromatic carbocycles. The number of Topliss-reactive ketones (excluding diaryl/α,β-unsaturated/α-hetero) is 1. The Morgan fingerprint density at radius 2 is 2.17 bits per heavy atom. The highest BCUT2D eigenvalue weighted by atomic mass is 35.5. The van der Waals surface area contributed by atoms with Crippen LogP contribution in [0.1, 0.15) is 37.0 Å². The maximum atomic E-state index is 11.9. The zero-order valence-corrected chi connectivity index (χ0v) is 11.8. The number of carbonyl (C=O) groups is 1. The molecule has 0 aromatic heterocycles.